The first kappa shape index (κ1) is 49.1. The molecule has 0 fully saturated rings. The first-order chi connectivity index (χ1) is 38.1. The number of thiophene rings is 2. The maximum Gasteiger partial charge on any atom is 0.0467 e. The molecule has 12 aromatic carbocycles. The third kappa shape index (κ3) is 11.0. The standard InChI is InChI=1S/C36H25NS.C18H11BrS.C18H15N/c1-3-11-26(12-4-1)27-21-23-30(24-22-27)37(29-14-5-2-6-15-29)31-16-9-13-28(25-31)32-18-10-19-34-33-17-7-8-20-35(33)38-36(32)34;19-13-6-3-5-12(11-13)14-8-4-9-16-15-7-1-2-10-17(15)20-18(14)16;1-3-7-15(8-4-1)16-11-13-18(14-12-16)19-17-9-5-2-6-10-17/h1-25H;1-11H;1-14,19H. The largest absolute Gasteiger partial charge is 0.356 e. The quantitative estimate of drug-likeness (QED) is 0.155. The molecule has 0 radical (unpaired) electrons. The van der Waals surface area contributed by atoms with Gasteiger partial charge in [0.1, 0.15) is 0 Å². The average molecular weight is 1090 g/mol. The van der Waals surface area contributed by atoms with Crippen molar-refractivity contribution in [1.29, 1.82) is 0 Å². The van der Waals surface area contributed by atoms with Crippen LogP contribution in [-0.4, -0.2) is 0 Å². The van der Waals surface area contributed by atoms with Crippen molar-refractivity contribution in [3.05, 3.63) is 308 Å². The number of fused-ring (bicyclic) bond motifs is 6. The number of nitrogens with one attached hydrogen (secondary N) is 1. The lowest BCUT2D eigenvalue weighted by Crippen LogP contribution is -2.09. The molecular weight excluding hydrogens is 1040 g/mol. The molecule has 1 N–H and O–H groups in total. The predicted octanol–water partition coefficient (Wildman–Crippen LogP) is 22.4. The molecule has 0 atom stereocenters. The van der Waals surface area contributed by atoms with Gasteiger partial charge in [-0.05, 0) is 129 Å². The van der Waals surface area contributed by atoms with Gasteiger partial charge >= 0.3 is 0 Å². The van der Waals surface area contributed by atoms with Gasteiger partial charge in [0, 0.05) is 73.3 Å². The van der Waals surface area contributed by atoms with Crippen LogP contribution in [0.15, 0.2) is 308 Å². The lowest BCUT2D eigenvalue weighted by Gasteiger charge is -2.26. The number of rotatable bonds is 9. The molecule has 5 heteroatoms. The van der Waals surface area contributed by atoms with Crippen molar-refractivity contribution in [2.45, 2.75) is 0 Å². The molecule has 0 spiro atoms. The summed E-state index contributed by atoms with van der Waals surface area (Å²) < 4.78 is 6.50. The molecule has 2 nitrogen and oxygen atoms in total. The molecule has 0 saturated carbocycles. The maximum absolute atomic E-state index is 3.56. The van der Waals surface area contributed by atoms with Crippen LogP contribution in [0.4, 0.5) is 28.4 Å². The minimum Gasteiger partial charge on any atom is -0.356 e. The van der Waals surface area contributed by atoms with E-state index in [0.717, 1.165) is 32.9 Å². The fourth-order valence-corrected chi connectivity index (χ4v) is 12.8. The van der Waals surface area contributed by atoms with Crippen molar-refractivity contribution in [3.63, 3.8) is 0 Å². The monoisotopic (exact) mass is 1090 g/mol. The lowest BCUT2D eigenvalue weighted by molar-refractivity contribution is 1.28. The van der Waals surface area contributed by atoms with Crippen LogP contribution in [-0.2, 0) is 0 Å². The summed E-state index contributed by atoms with van der Waals surface area (Å²) in [4.78, 5) is 2.34. The molecule has 14 aromatic rings. The number of nitrogens with zero attached hydrogens (tertiary/aromatic N) is 1. The van der Waals surface area contributed by atoms with E-state index in [1.54, 1.807) is 0 Å². The molecule has 368 valence electrons. The Labute approximate surface area is 466 Å². The van der Waals surface area contributed by atoms with Crippen molar-refractivity contribution in [2.75, 3.05) is 10.2 Å². The van der Waals surface area contributed by atoms with Crippen LogP contribution in [0.5, 0.6) is 0 Å². The highest BCUT2D eigenvalue weighted by molar-refractivity contribution is 9.10. The van der Waals surface area contributed by atoms with E-state index in [0.29, 0.717) is 0 Å². The van der Waals surface area contributed by atoms with Gasteiger partial charge in [-0.1, -0.05) is 234 Å². The first-order valence-electron chi connectivity index (χ1n) is 25.7. The predicted molar refractivity (Wildman–Crippen MR) is 339 cm³/mol. The Morgan fingerprint density at radius 3 is 1.19 bits per heavy atom. The highest BCUT2D eigenvalue weighted by atomic mass is 79.9. The van der Waals surface area contributed by atoms with Crippen LogP contribution in [0, 0.1) is 0 Å². The van der Waals surface area contributed by atoms with Crippen LogP contribution in [0.25, 0.3) is 84.9 Å². The van der Waals surface area contributed by atoms with E-state index in [2.05, 4.69) is 305 Å². The summed E-state index contributed by atoms with van der Waals surface area (Å²) in [7, 11) is 0. The summed E-state index contributed by atoms with van der Waals surface area (Å²) in [5, 5.41) is 8.74. The van der Waals surface area contributed by atoms with Gasteiger partial charge in [0.15, 0.2) is 0 Å². The highest BCUT2D eigenvalue weighted by Gasteiger charge is 2.16. The Balaban J connectivity index is 0.000000128. The molecule has 77 heavy (non-hydrogen) atoms. The van der Waals surface area contributed by atoms with Crippen LogP contribution < -0.4 is 10.2 Å². The molecule has 0 aliphatic rings. The summed E-state index contributed by atoms with van der Waals surface area (Å²) in [5.41, 5.74) is 15.6. The van der Waals surface area contributed by atoms with Gasteiger partial charge in [0.2, 0.25) is 0 Å². The zero-order valence-electron chi connectivity index (χ0n) is 42.0. The van der Waals surface area contributed by atoms with E-state index < -0.39 is 0 Å². The third-order valence-electron chi connectivity index (χ3n) is 13.7. The summed E-state index contributed by atoms with van der Waals surface area (Å²) in [6.45, 7) is 0. The maximum atomic E-state index is 3.56. The number of hydrogen-bond donors (Lipinski definition) is 1. The Kier molecular flexibility index (Phi) is 14.6. The second-order valence-corrected chi connectivity index (χ2v) is 21.7. The van der Waals surface area contributed by atoms with Crippen LogP contribution in [0.1, 0.15) is 0 Å². The fourth-order valence-electron chi connectivity index (χ4n) is 9.94. The van der Waals surface area contributed by atoms with Gasteiger partial charge < -0.3 is 10.2 Å². The van der Waals surface area contributed by atoms with Crippen LogP contribution >= 0.6 is 38.6 Å². The first-order valence-corrected chi connectivity index (χ1v) is 28.2. The smallest absolute Gasteiger partial charge is 0.0467 e. The van der Waals surface area contributed by atoms with Crippen molar-refractivity contribution in [1.82, 2.24) is 0 Å². The van der Waals surface area contributed by atoms with E-state index in [-0.39, 0.29) is 0 Å². The number of para-hydroxylation sites is 2. The van der Waals surface area contributed by atoms with Gasteiger partial charge in [0.05, 0.1) is 0 Å². The molecule has 2 heterocycles. The summed E-state index contributed by atoms with van der Waals surface area (Å²) >= 11 is 7.31. The Hall–Kier alpha value is -8.84. The minimum absolute atomic E-state index is 1.10. The molecule has 14 rings (SSSR count). The van der Waals surface area contributed by atoms with E-state index in [1.807, 2.05) is 46.9 Å². The average Bonchev–Trinajstić information content (AvgIpc) is 4.15. The van der Waals surface area contributed by atoms with Crippen molar-refractivity contribution in [3.8, 4) is 44.5 Å². The third-order valence-corrected chi connectivity index (χ3v) is 16.6. The van der Waals surface area contributed by atoms with Crippen LogP contribution in [0.2, 0.25) is 0 Å². The van der Waals surface area contributed by atoms with Gasteiger partial charge in [-0.2, -0.15) is 0 Å². The second kappa shape index (κ2) is 23.0. The number of benzene rings is 12. The Morgan fingerprint density at radius 1 is 0.273 bits per heavy atom. The van der Waals surface area contributed by atoms with Gasteiger partial charge in [0.25, 0.3) is 0 Å². The molecule has 0 unspecified atom stereocenters. The molecule has 0 amide bonds. The zero-order chi connectivity index (χ0) is 51.8. The SMILES string of the molecule is Brc1cccc(-c2cccc3c2sc2ccccc23)c1.c1ccc(-c2ccc(N(c3ccccc3)c3cccc(-c4cccc5c4sc4ccccc45)c3)cc2)cc1.c1ccc(Nc2ccc(-c3ccccc3)cc2)cc1. The topological polar surface area (TPSA) is 15.3 Å². The lowest BCUT2D eigenvalue weighted by atomic mass is 10.0. The molecule has 0 aliphatic heterocycles. The zero-order valence-corrected chi connectivity index (χ0v) is 45.2. The van der Waals surface area contributed by atoms with Gasteiger partial charge in [-0.3, -0.25) is 0 Å². The second-order valence-electron chi connectivity index (χ2n) is 18.6. The van der Waals surface area contributed by atoms with E-state index in [4.69, 9.17) is 0 Å². The number of halogens is 1. The number of hydrogen-bond acceptors (Lipinski definition) is 4. The van der Waals surface area contributed by atoms with Crippen LogP contribution in [0.3, 0.4) is 0 Å². The van der Waals surface area contributed by atoms with Gasteiger partial charge in [-0.25, -0.2) is 0 Å². The highest BCUT2D eigenvalue weighted by Crippen LogP contribution is 2.43. The normalized spacial score (nSPS) is 10.9. The van der Waals surface area contributed by atoms with E-state index in [9.17, 15) is 0 Å². The van der Waals surface area contributed by atoms with Crippen molar-refractivity contribution < 1.29 is 0 Å². The van der Waals surface area contributed by atoms with Crippen molar-refractivity contribution >= 4 is 107 Å². The van der Waals surface area contributed by atoms with Gasteiger partial charge in [-0.15, -0.1) is 22.7 Å². The molecule has 0 bridgehead atoms. The Bertz CT molecular complexity index is 4230. The van der Waals surface area contributed by atoms with E-state index >= 15 is 0 Å². The van der Waals surface area contributed by atoms with E-state index in [1.165, 1.54) is 84.9 Å². The molecule has 0 aliphatic carbocycles. The molecule has 2 aromatic heterocycles. The van der Waals surface area contributed by atoms with Crippen molar-refractivity contribution in [2.24, 2.45) is 0 Å². The molecular formula is C72H51BrN2S2. The summed E-state index contributed by atoms with van der Waals surface area (Å²) in [6.07, 6.45) is 0. The molecule has 0 saturated heterocycles. The summed E-state index contributed by atoms with van der Waals surface area (Å²) in [6, 6.07) is 107. The minimum atomic E-state index is 1.10. The summed E-state index contributed by atoms with van der Waals surface area (Å²) in [5.74, 6) is 0. The Morgan fingerprint density at radius 2 is 0.649 bits per heavy atom. The number of anilines is 5. The fraction of sp³-hybridized carbons (Fsp3) is 0.